The zero-order valence-corrected chi connectivity index (χ0v) is 9.13. The van der Waals surface area contributed by atoms with Gasteiger partial charge in [0.05, 0.1) is 0 Å². The normalized spacial score (nSPS) is 15.6. The minimum Gasteiger partial charge on any atom is -0.445 e. The molecule has 1 aliphatic rings. The van der Waals surface area contributed by atoms with E-state index in [2.05, 4.69) is 31.8 Å². The highest BCUT2D eigenvalue weighted by atomic mass is 16.4. The Kier molecular flexibility index (Phi) is 2.44. The van der Waals surface area contributed by atoms with E-state index in [1.165, 1.54) is 5.57 Å². The molecule has 2 heteroatoms. The monoisotopic (exact) mass is 191 g/mol. The van der Waals surface area contributed by atoms with Crippen LogP contribution in [-0.4, -0.2) is 4.98 Å². The van der Waals surface area contributed by atoms with Gasteiger partial charge in [-0.15, -0.1) is 0 Å². The Hall–Kier alpha value is -1.05. The van der Waals surface area contributed by atoms with Crippen LogP contribution in [0.1, 0.15) is 56.9 Å². The molecular weight excluding hydrogens is 174 g/mol. The van der Waals surface area contributed by atoms with Gasteiger partial charge < -0.3 is 4.42 Å². The molecule has 0 bridgehead atoms. The molecule has 1 aromatic rings. The molecule has 0 saturated heterocycles. The molecule has 0 saturated carbocycles. The predicted molar refractivity (Wildman–Crippen MR) is 57.2 cm³/mol. The second-order valence-electron chi connectivity index (χ2n) is 4.17. The Morgan fingerprint density at radius 1 is 1.43 bits per heavy atom. The quantitative estimate of drug-likeness (QED) is 0.714. The molecule has 2 nitrogen and oxygen atoms in total. The van der Waals surface area contributed by atoms with Gasteiger partial charge in [0, 0.05) is 12.3 Å². The second-order valence-corrected chi connectivity index (χ2v) is 4.17. The van der Waals surface area contributed by atoms with Crippen molar-refractivity contribution in [2.45, 2.75) is 46.0 Å². The first-order valence-electron chi connectivity index (χ1n) is 5.39. The van der Waals surface area contributed by atoms with Crippen molar-refractivity contribution in [2.75, 3.05) is 0 Å². The molecule has 0 radical (unpaired) electrons. The molecule has 0 aromatic carbocycles. The molecule has 2 rings (SSSR count). The van der Waals surface area contributed by atoms with Crippen molar-refractivity contribution in [3.63, 3.8) is 0 Å². The third-order valence-corrected chi connectivity index (χ3v) is 2.71. The molecule has 0 amide bonds. The summed E-state index contributed by atoms with van der Waals surface area (Å²) in [6.07, 6.45) is 5.47. The van der Waals surface area contributed by atoms with Crippen molar-refractivity contribution < 1.29 is 4.42 Å². The first-order valence-corrected chi connectivity index (χ1v) is 5.39. The highest BCUT2D eigenvalue weighted by Crippen LogP contribution is 2.27. The molecule has 0 aliphatic heterocycles. The Morgan fingerprint density at radius 2 is 2.21 bits per heavy atom. The highest BCUT2D eigenvalue weighted by Gasteiger charge is 2.17. The highest BCUT2D eigenvalue weighted by molar-refractivity contribution is 5.53. The first-order chi connectivity index (χ1) is 6.70. The van der Waals surface area contributed by atoms with Gasteiger partial charge in [0.2, 0.25) is 0 Å². The van der Waals surface area contributed by atoms with Crippen molar-refractivity contribution in [1.82, 2.24) is 4.98 Å². The van der Waals surface area contributed by atoms with Crippen LogP contribution in [0.25, 0.3) is 6.08 Å². The lowest BCUT2D eigenvalue weighted by molar-refractivity contribution is 0.434. The molecule has 76 valence electrons. The average molecular weight is 191 g/mol. The molecule has 1 heterocycles. The summed E-state index contributed by atoms with van der Waals surface area (Å²) in [4.78, 5) is 4.51. The summed E-state index contributed by atoms with van der Waals surface area (Å²) in [6, 6.07) is 0. The SMILES string of the molecule is CCC1=Cc2nc(C(C)C)oc2CC1. The Bertz CT molecular complexity index is 360. The first kappa shape index (κ1) is 9.50. The minimum absolute atomic E-state index is 0.388. The summed E-state index contributed by atoms with van der Waals surface area (Å²) in [5.41, 5.74) is 2.55. The lowest BCUT2D eigenvalue weighted by Gasteiger charge is -2.08. The number of allylic oxidation sites excluding steroid dienone is 1. The summed E-state index contributed by atoms with van der Waals surface area (Å²) >= 11 is 0. The molecule has 1 aliphatic carbocycles. The zero-order chi connectivity index (χ0) is 10.1. The number of hydrogen-bond donors (Lipinski definition) is 0. The summed E-state index contributed by atoms with van der Waals surface area (Å²) in [7, 11) is 0. The number of aromatic nitrogens is 1. The Labute approximate surface area is 85.0 Å². The van der Waals surface area contributed by atoms with E-state index in [1.807, 2.05) is 0 Å². The van der Waals surface area contributed by atoms with E-state index >= 15 is 0 Å². The molecule has 0 spiro atoms. The number of fused-ring (bicyclic) bond motifs is 1. The molecule has 0 fully saturated rings. The van der Waals surface area contributed by atoms with Crippen LogP contribution in [0.3, 0.4) is 0 Å². The fourth-order valence-corrected chi connectivity index (χ4v) is 1.74. The lowest BCUT2D eigenvalue weighted by Crippen LogP contribution is -1.96. The van der Waals surface area contributed by atoms with Gasteiger partial charge in [0.25, 0.3) is 0 Å². The van der Waals surface area contributed by atoms with Crippen LogP contribution in [0.4, 0.5) is 0 Å². The van der Waals surface area contributed by atoms with E-state index in [0.717, 1.165) is 36.6 Å². The lowest BCUT2D eigenvalue weighted by atomic mass is 9.99. The fourth-order valence-electron chi connectivity index (χ4n) is 1.74. The average Bonchev–Trinajstić information content (AvgIpc) is 2.59. The third kappa shape index (κ3) is 1.61. The van der Waals surface area contributed by atoms with E-state index in [0.29, 0.717) is 5.92 Å². The van der Waals surface area contributed by atoms with Gasteiger partial charge >= 0.3 is 0 Å². The Balaban J connectivity index is 2.34. The summed E-state index contributed by atoms with van der Waals surface area (Å²) < 4.78 is 5.70. The number of aryl methyl sites for hydroxylation is 1. The van der Waals surface area contributed by atoms with Crippen LogP contribution in [0, 0.1) is 0 Å². The van der Waals surface area contributed by atoms with E-state index in [1.54, 1.807) is 0 Å². The van der Waals surface area contributed by atoms with E-state index in [4.69, 9.17) is 4.42 Å². The van der Waals surface area contributed by atoms with Gasteiger partial charge in [0.15, 0.2) is 5.89 Å². The maximum Gasteiger partial charge on any atom is 0.197 e. The van der Waals surface area contributed by atoms with Crippen molar-refractivity contribution in [3.05, 3.63) is 22.9 Å². The molecule has 1 aromatic heterocycles. The minimum atomic E-state index is 0.388. The van der Waals surface area contributed by atoms with Crippen LogP contribution in [0.15, 0.2) is 9.99 Å². The van der Waals surface area contributed by atoms with Crippen LogP contribution in [0.5, 0.6) is 0 Å². The molecule has 0 atom stereocenters. The van der Waals surface area contributed by atoms with Crippen molar-refractivity contribution in [1.29, 1.82) is 0 Å². The van der Waals surface area contributed by atoms with Gasteiger partial charge in [-0.2, -0.15) is 0 Å². The van der Waals surface area contributed by atoms with E-state index < -0.39 is 0 Å². The van der Waals surface area contributed by atoms with Crippen molar-refractivity contribution in [2.24, 2.45) is 0 Å². The molecule has 0 N–H and O–H groups in total. The molecular formula is C12H17NO. The fraction of sp³-hybridized carbons (Fsp3) is 0.583. The number of rotatable bonds is 2. The topological polar surface area (TPSA) is 26.0 Å². The Morgan fingerprint density at radius 3 is 2.86 bits per heavy atom. The smallest absolute Gasteiger partial charge is 0.197 e. The maximum atomic E-state index is 5.70. The molecule has 14 heavy (non-hydrogen) atoms. The predicted octanol–water partition coefficient (Wildman–Crippen LogP) is 3.54. The van der Waals surface area contributed by atoms with Crippen molar-refractivity contribution in [3.8, 4) is 0 Å². The number of hydrogen-bond acceptors (Lipinski definition) is 2. The van der Waals surface area contributed by atoms with Crippen LogP contribution < -0.4 is 0 Å². The second kappa shape index (κ2) is 3.60. The van der Waals surface area contributed by atoms with Crippen LogP contribution in [-0.2, 0) is 6.42 Å². The van der Waals surface area contributed by atoms with Crippen LogP contribution >= 0.6 is 0 Å². The zero-order valence-electron chi connectivity index (χ0n) is 9.13. The summed E-state index contributed by atoms with van der Waals surface area (Å²) in [6.45, 7) is 6.42. The molecule has 0 unspecified atom stereocenters. The summed E-state index contributed by atoms with van der Waals surface area (Å²) in [5, 5.41) is 0. The van der Waals surface area contributed by atoms with Gasteiger partial charge in [-0.05, 0) is 18.9 Å². The van der Waals surface area contributed by atoms with Gasteiger partial charge in [0.1, 0.15) is 11.5 Å². The van der Waals surface area contributed by atoms with E-state index in [9.17, 15) is 0 Å². The van der Waals surface area contributed by atoms with Crippen LogP contribution in [0.2, 0.25) is 0 Å². The number of nitrogens with zero attached hydrogens (tertiary/aromatic N) is 1. The van der Waals surface area contributed by atoms with E-state index in [-0.39, 0.29) is 0 Å². The standard InChI is InChI=1S/C12H17NO/c1-4-9-5-6-11-10(7-9)13-12(14-11)8(2)3/h7-8H,4-6H2,1-3H3. The van der Waals surface area contributed by atoms with Crippen molar-refractivity contribution >= 4 is 6.08 Å². The number of oxazole rings is 1. The maximum absolute atomic E-state index is 5.70. The largest absolute Gasteiger partial charge is 0.445 e. The van der Waals surface area contributed by atoms with Gasteiger partial charge in [-0.25, -0.2) is 4.98 Å². The summed E-state index contributed by atoms with van der Waals surface area (Å²) in [5.74, 6) is 2.34. The third-order valence-electron chi connectivity index (χ3n) is 2.71. The van der Waals surface area contributed by atoms with Gasteiger partial charge in [-0.3, -0.25) is 0 Å². The van der Waals surface area contributed by atoms with Gasteiger partial charge in [-0.1, -0.05) is 26.3 Å².